The molecule has 20 heavy (non-hydrogen) atoms. The molecule has 1 aliphatic rings. The van der Waals surface area contributed by atoms with Crippen molar-refractivity contribution in [2.75, 3.05) is 18.0 Å². The van der Waals surface area contributed by atoms with Crippen molar-refractivity contribution in [1.29, 1.82) is 0 Å². The van der Waals surface area contributed by atoms with Crippen LogP contribution in [0.3, 0.4) is 0 Å². The Morgan fingerprint density at radius 2 is 2.30 bits per heavy atom. The molecule has 7 heteroatoms. The van der Waals surface area contributed by atoms with E-state index >= 15 is 0 Å². The monoisotopic (exact) mass is 283 g/mol. The summed E-state index contributed by atoms with van der Waals surface area (Å²) >= 11 is 0. The third-order valence-electron chi connectivity index (χ3n) is 3.30. The molecular weight excluding hydrogens is 268 g/mol. The van der Waals surface area contributed by atoms with Crippen molar-refractivity contribution in [1.82, 2.24) is 9.97 Å². The lowest BCUT2D eigenvalue weighted by molar-refractivity contribution is -0.0546. The van der Waals surface area contributed by atoms with Crippen LogP contribution < -0.4 is 4.90 Å². The van der Waals surface area contributed by atoms with E-state index in [1.54, 1.807) is 11.8 Å². The molecule has 0 spiro atoms. The molecule has 1 aromatic heterocycles. The van der Waals surface area contributed by atoms with E-state index in [9.17, 15) is 13.6 Å². The maximum atomic E-state index is 13.6. The fourth-order valence-electron chi connectivity index (χ4n) is 2.16. The van der Waals surface area contributed by atoms with Crippen molar-refractivity contribution in [2.45, 2.75) is 19.3 Å². The molecule has 0 bridgehead atoms. The first-order chi connectivity index (χ1) is 9.33. The summed E-state index contributed by atoms with van der Waals surface area (Å²) in [5, 5.41) is 8.97. The maximum absolute atomic E-state index is 13.6. The van der Waals surface area contributed by atoms with Gasteiger partial charge in [-0.3, -0.25) is 0 Å². The number of anilines is 1. The topological polar surface area (TPSA) is 66.3 Å². The first-order valence-electron chi connectivity index (χ1n) is 6.18. The zero-order chi connectivity index (χ0) is 14.9. The van der Waals surface area contributed by atoms with Crippen LogP contribution in [0.15, 0.2) is 18.7 Å². The minimum Gasteiger partial charge on any atom is -0.477 e. The summed E-state index contributed by atoms with van der Waals surface area (Å²) in [6.45, 7) is 5.18. The van der Waals surface area contributed by atoms with Crippen LogP contribution in [0.2, 0.25) is 0 Å². The second kappa shape index (κ2) is 5.15. The quantitative estimate of drug-likeness (QED) is 0.861. The van der Waals surface area contributed by atoms with Gasteiger partial charge in [0.1, 0.15) is 0 Å². The van der Waals surface area contributed by atoms with Gasteiger partial charge in [0.25, 0.3) is 5.92 Å². The molecule has 1 fully saturated rings. The average Bonchev–Trinajstić information content (AvgIpc) is 2.37. The van der Waals surface area contributed by atoms with Gasteiger partial charge in [-0.1, -0.05) is 6.08 Å². The Hall–Kier alpha value is -2.05. The van der Waals surface area contributed by atoms with Gasteiger partial charge in [0.05, 0.1) is 5.92 Å². The maximum Gasteiger partial charge on any atom is 0.354 e. The molecule has 2 heterocycles. The highest BCUT2D eigenvalue weighted by Crippen LogP contribution is 2.35. The predicted molar refractivity (Wildman–Crippen MR) is 69.2 cm³/mol. The van der Waals surface area contributed by atoms with Crippen LogP contribution in [0.1, 0.15) is 22.6 Å². The molecule has 1 aliphatic heterocycles. The normalized spacial score (nSPS) is 21.6. The zero-order valence-corrected chi connectivity index (χ0v) is 11.0. The molecule has 1 aromatic rings. The van der Waals surface area contributed by atoms with Crippen molar-refractivity contribution in [3.63, 3.8) is 0 Å². The molecule has 0 saturated carbocycles. The lowest BCUT2D eigenvalue weighted by Gasteiger charge is -2.37. The van der Waals surface area contributed by atoms with E-state index in [4.69, 9.17) is 5.11 Å². The first-order valence-corrected chi connectivity index (χ1v) is 6.18. The number of halogens is 2. The predicted octanol–water partition coefficient (Wildman–Crippen LogP) is 2.13. The summed E-state index contributed by atoms with van der Waals surface area (Å²) in [6, 6.07) is 1.34. The van der Waals surface area contributed by atoms with E-state index in [1.807, 2.05) is 0 Å². The van der Waals surface area contributed by atoms with Crippen molar-refractivity contribution < 1.29 is 18.7 Å². The highest BCUT2D eigenvalue weighted by atomic mass is 19.3. The Labute approximate surface area is 115 Å². The smallest absolute Gasteiger partial charge is 0.354 e. The number of piperidine rings is 1. The third kappa shape index (κ3) is 2.76. The first kappa shape index (κ1) is 14.4. The van der Waals surface area contributed by atoms with E-state index in [0.717, 1.165) is 0 Å². The number of alkyl halides is 2. The summed E-state index contributed by atoms with van der Waals surface area (Å²) in [4.78, 5) is 20.6. The minimum absolute atomic E-state index is 0.0268. The molecule has 0 aliphatic carbocycles. The van der Waals surface area contributed by atoms with Gasteiger partial charge in [-0.2, -0.15) is 0 Å². The summed E-state index contributed by atoms with van der Waals surface area (Å²) in [5.41, 5.74) is 0.347. The Balaban J connectivity index is 2.29. The molecule has 0 aromatic carbocycles. The van der Waals surface area contributed by atoms with Gasteiger partial charge in [0.2, 0.25) is 5.95 Å². The number of aromatic nitrogens is 2. The molecule has 2 rings (SSSR count). The second-order valence-corrected chi connectivity index (χ2v) is 4.80. The van der Waals surface area contributed by atoms with E-state index in [0.29, 0.717) is 5.69 Å². The van der Waals surface area contributed by atoms with E-state index in [-0.39, 0.29) is 31.2 Å². The summed E-state index contributed by atoms with van der Waals surface area (Å²) in [6.07, 6.45) is 0.892. The molecule has 0 radical (unpaired) electrons. The van der Waals surface area contributed by atoms with Gasteiger partial charge in [0, 0.05) is 25.2 Å². The van der Waals surface area contributed by atoms with Gasteiger partial charge in [0.15, 0.2) is 5.69 Å². The number of rotatable bonds is 3. The molecule has 5 nitrogen and oxygen atoms in total. The molecular formula is C13H15F2N3O2. The number of hydrogen-bond donors (Lipinski definition) is 1. The van der Waals surface area contributed by atoms with Crippen molar-refractivity contribution in [3.8, 4) is 0 Å². The van der Waals surface area contributed by atoms with Crippen LogP contribution in [0.4, 0.5) is 14.7 Å². The van der Waals surface area contributed by atoms with Crippen LogP contribution in [0, 0.1) is 12.8 Å². The van der Waals surface area contributed by atoms with Gasteiger partial charge in [-0.15, -0.1) is 6.58 Å². The number of nitrogens with zero attached hydrogens (tertiary/aromatic N) is 3. The number of carboxylic acid groups (broad SMARTS) is 1. The Morgan fingerprint density at radius 1 is 1.60 bits per heavy atom. The molecule has 1 saturated heterocycles. The van der Waals surface area contributed by atoms with E-state index in [2.05, 4.69) is 16.5 Å². The van der Waals surface area contributed by atoms with Crippen LogP contribution in [0.25, 0.3) is 0 Å². The van der Waals surface area contributed by atoms with Gasteiger partial charge >= 0.3 is 5.97 Å². The molecule has 1 N–H and O–H groups in total. The van der Waals surface area contributed by atoms with Crippen LogP contribution in [-0.4, -0.2) is 40.1 Å². The summed E-state index contributed by atoms with van der Waals surface area (Å²) in [7, 11) is 0. The van der Waals surface area contributed by atoms with E-state index < -0.39 is 17.8 Å². The lowest BCUT2D eigenvalue weighted by Crippen LogP contribution is -2.47. The third-order valence-corrected chi connectivity index (χ3v) is 3.30. The van der Waals surface area contributed by atoms with Crippen molar-refractivity contribution >= 4 is 11.9 Å². The summed E-state index contributed by atoms with van der Waals surface area (Å²) in [5.74, 6) is -4.78. The highest BCUT2D eigenvalue weighted by molar-refractivity contribution is 5.85. The standard InChI is InChI=1S/C13H15F2N3O2/c1-3-9-7-18(5-4-13(9,14)15)12-16-8(2)6-10(17-12)11(19)20/h3,6,9H,1,4-5,7H2,2H3,(H,19,20). The average molecular weight is 283 g/mol. The van der Waals surface area contributed by atoms with Crippen LogP contribution in [-0.2, 0) is 0 Å². The largest absolute Gasteiger partial charge is 0.477 e. The highest BCUT2D eigenvalue weighted by Gasteiger charge is 2.42. The van der Waals surface area contributed by atoms with Gasteiger partial charge < -0.3 is 10.0 Å². The minimum atomic E-state index is -2.79. The SMILES string of the molecule is C=CC1CN(c2nc(C)cc(C(=O)O)n2)CCC1(F)F. The number of carbonyl (C=O) groups is 1. The number of aryl methyl sites for hydroxylation is 1. The molecule has 1 unspecified atom stereocenters. The zero-order valence-electron chi connectivity index (χ0n) is 11.0. The fourth-order valence-corrected chi connectivity index (χ4v) is 2.16. The number of hydrogen-bond acceptors (Lipinski definition) is 4. The Bertz CT molecular complexity index is 548. The molecule has 0 amide bonds. The second-order valence-electron chi connectivity index (χ2n) is 4.80. The molecule has 108 valence electrons. The van der Waals surface area contributed by atoms with Crippen molar-refractivity contribution in [3.05, 3.63) is 30.1 Å². The summed E-state index contributed by atoms with van der Waals surface area (Å²) < 4.78 is 27.2. The molecule has 1 atom stereocenters. The van der Waals surface area contributed by atoms with Crippen LogP contribution >= 0.6 is 0 Å². The lowest BCUT2D eigenvalue weighted by atomic mass is 9.94. The Kier molecular flexibility index (Phi) is 3.69. The Morgan fingerprint density at radius 3 is 2.90 bits per heavy atom. The fraction of sp³-hybridized carbons (Fsp3) is 0.462. The van der Waals surface area contributed by atoms with Crippen LogP contribution in [0.5, 0.6) is 0 Å². The number of aromatic carboxylic acids is 1. The van der Waals surface area contributed by atoms with E-state index in [1.165, 1.54) is 12.1 Å². The number of carboxylic acids is 1. The van der Waals surface area contributed by atoms with Gasteiger partial charge in [-0.05, 0) is 13.0 Å². The van der Waals surface area contributed by atoms with Gasteiger partial charge in [-0.25, -0.2) is 23.5 Å². The van der Waals surface area contributed by atoms with Crippen molar-refractivity contribution in [2.24, 2.45) is 5.92 Å².